The molecule has 0 aliphatic rings. The molecule has 5 nitrogen and oxygen atoms in total. The number of amides is 2. The largest absolute Gasteiger partial charge is 0.497 e. The van der Waals surface area contributed by atoms with Crippen molar-refractivity contribution in [2.75, 3.05) is 19.0 Å². The second-order valence-corrected chi connectivity index (χ2v) is 5.12. The first-order chi connectivity index (χ1) is 9.67. The van der Waals surface area contributed by atoms with E-state index in [-0.39, 0.29) is 6.03 Å². The lowest BCUT2D eigenvalue weighted by Crippen LogP contribution is -2.30. The monoisotopic (exact) mass is 291 g/mol. The molecule has 2 aromatic rings. The molecule has 0 spiro atoms. The van der Waals surface area contributed by atoms with Gasteiger partial charge in [0.1, 0.15) is 10.8 Å². The van der Waals surface area contributed by atoms with E-state index in [4.69, 9.17) is 4.74 Å². The standard InChI is InChI=1S/C14H17N3O2S/c1-10-9-13(20-17-10)16-14(18)15-8-7-11-3-5-12(19-2)6-4-11/h3-6,9H,7-8H2,1-2H3,(H2,15,16,18). The third kappa shape index (κ3) is 4.24. The average molecular weight is 291 g/mol. The smallest absolute Gasteiger partial charge is 0.319 e. The van der Waals surface area contributed by atoms with E-state index in [1.54, 1.807) is 7.11 Å². The van der Waals surface area contributed by atoms with Crippen LogP contribution in [0.5, 0.6) is 5.75 Å². The number of rotatable bonds is 5. The van der Waals surface area contributed by atoms with Crippen LogP contribution < -0.4 is 15.4 Å². The van der Waals surface area contributed by atoms with E-state index in [2.05, 4.69) is 15.0 Å². The molecule has 0 bridgehead atoms. The van der Waals surface area contributed by atoms with Crippen LogP contribution in [-0.4, -0.2) is 24.1 Å². The van der Waals surface area contributed by atoms with Crippen LogP contribution in [0, 0.1) is 6.92 Å². The number of methoxy groups -OCH3 is 1. The summed E-state index contributed by atoms with van der Waals surface area (Å²) in [5.74, 6) is 0.833. The predicted molar refractivity (Wildman–Crippen MR) is 80.6 cm³/mol. The van der Waals surface area contributed by atoms with Gasteiger partial charge in [-0.2, -0.15) is 4.37 Å². The van der Waals surface area contributed by atoms with E-state index in [0.29, 0.717) is 6.54 Å². The summed E-state index contributed by atoms with van der Waals surface area (Å²) in [5, 5.41) is 6.32. The van der Waals surface area contributed by atoms with Gasteiger partial charge in [-0.1, -0.05) is 12.1 Å². The summed E-state index contributed by atoms with van der Waals surface area (Å²) in [7, 11) is 1.64. The van der Waals surface area contributed by atoms with Crippen molar-refractivity contribution in [3.05, 3.63) is 41.6 Å². The number of anilines is 1. The van der Waals surface area contributed by atoms with Crippen molar-refractivity contribution in [3.63, 3.8) is 0 Å². The highest BCUT2D eigenvalue weighted by Gasteiger charge is 2.03. The molecule has 0 aliphatic carbocycles. The highest BCUT2D eigenvalue weighted by molar-refractivity contribution is 7.10. The minimum absolute atomic E-state index is 0.206. The zero-order valence-corrected chi connectivity index (χ0v) is 12.3. The number of hydrogen-bond donors (Lipinski definition) is 2. The van der Waals surface area contributed by atoms with Gasteiger partial charge < -0.3 is 10.1 Å². The van der Waals surface area contributed by atoms with E-state index < -0.39 is 0 Å². The Morgan fingerprint density at radius 1 is 1.35 bits per heavy atom. The molecule has 20 heavy (non-hydrogen) atoms. The molecule has 1 aromatic carbocycles. The van der Waals surface area contributed by atoms with Gasteiger partial charge in [0, 0.05) is 6.54 Å². The summed E-state index contributed by atoms with van der Waals surface area (Å²) in [6.07, 6.45) is 0.777. The zero-order valence-electron chi connectivity index (χ0n) is 11.5. The molecule has 1 heterocycles. The van der Waals surface area contributed by atoms with Crippen LogP contribution in [-0.2, 0) is 6.42 Å². The highest BCUT2D eigenvalue weighted by atomic mass is 32.1. The van der Waals surface area contributed by atoms with Crippen LogP contribution in [0.4, 0.5) is 9.80 Å². The van der Waals surface area contributed by atoms with E-state index in [0.717, 1.165) is 28.4 Å². The number of ether oxygens (including phenoxy) is 1. The van der Waals surface area contributed by atoms with Crippen LogP contribution >= 0.6 is 11.5 Å². The Labute approximate surface area is 122 Å². The second kappa shape index (κ2) is 6.91. The van der Waals surface area contributed by atoms with Crippen LogP contribution in [0.1, 0.15) is 11.3 Å². The van der Waals surface area contributed by atoms with Gasteiger partial charge in [-0.05, 0) is 48.6 Å². The molecule has 2 N–H and O–H groups in total. The number of aromatic nitrogens is 1. The van der Waals surface area contributed by atoms with Crippen molar-refractivity contribution in [1.29, 1.82) is 0 Å². The van der Waals surface area contributed by atoms with Crippen molar-refractivity contribution in [3.8, 4) is 5.75 Å². The van der Waals surface area contributed by atoms with E-state index in [1.807, 2.05) is 37.3 Å². The number of hydrogen-bond acceptors (Lipinski definition) is 4. The maximum absolute atomic E-state index is 11.6. The zero-order chi connectivity index (χ0) is 14.4. The maximum Gasteiger partial charge on any atom is 0.319 e. The summed E-state index contributed by atoms with van der Waals surface area (Å²) < 4.78 is 9.20. The number of aryl methyl sites for hydroxylation is 1. The molecule has 0 aliphatic heterocycles. The number of carbonyl (C=O) groups excluding carboxylic acids is 1. The fourth-order valence-electron chi connectivity index (χ4n) is 1.69. The lowest BCUT2D eigenvalue weighted by atomic mass is 10.1. The number of carbonyl (C=O) groups is 1. The summed E-state index contributed by atoms with van der Waals surface area (Å²) in [6.45, 7) is 2.47. The molecule has 2 amide bonds. The molecule has 2 rings (SSSR count). The van der Waals surface area contributed by atoms with Crippen LogP contribution in [0.3, 0.4) is 0 Å². The number of urea groups is 1. The molecule has 0 fully saturated rings. The van der Waals surface area contributed by atoms with Crippen molar-refractivity contribution >= 4 is 22.6 Å². The van der Waals surface area contributed by atoms with Gasteiger partial charge in [0.15, 0.2) is 0 Å². The fraction of sp³-hybridized carbons (Fsp3) is 0.286. The van der Waals surface area contributed by atoms with Gasteiger partial charge in [0.25, 0.3) is 0 Å². The molecule has 0 saturated heterocycles. The Morgan fingerprint density at radius 3 is 2.70 bits per heavy atom. The molecule has 0 unspecified atom stereocenters. The van der Waals surface area contributed by atoms with Gasteiger partial charge in [0.2, 0.25) is 0 Å². The van der Waals surface area contributed by atoms with E-state index in [9.17, 15) is 4.79 Å². The first-order valence-electron chi connectivity index (χ1n) is 6.28. The SMILES string of the molecule is COc1ccc(CCNC(=O)Nc2cc(C)ns2)cc1. The average Bonchev–Trinajstić information content (AvgIpc) is 2.85. The molecule has 106 valence electrons. The van der Waals surface area contributed by atoms with E-state index in [1.165, 1.54) is 11.5 Å². The third-order valence-electron chi connectivity index (χ3n) is 2.72. The molecule has 0 saturated carbocycles. The first kappa shape index (κ1) is 14.3. The third-order valence-corrected chi connectivity index (χ3v) is 3.52. The van der Waals surface area contributed by atoms with Gasteiger partial charge in [-0.25, -0.2) is 4.79 Å². The predicted octanol–water partition coefficient (Wildman–Crippen LogP) is 2.82. The van der Waals surface area contributed by atoms with Crippen molar-refractivity contribution in [2.24, 2.45) is 0 Å². The fourth-order valence-corrected chi connectivity index (χ4v) is 2.35. The molecule has 0 atom stereocenters. The summed E-state index contributed by atoms with van der Waals surface area (Å²) >= 11 is 1.28. The molecule has 0 radical (unpaired) electrons. The van der Waals surface area contributed by atoms with E-state index >= 15 is 0 Å². The van der Waals surface area contributed by atoms with Gasteiger partial charge in [0.05, 0.1) is 12.8 Å². The highest BCUT2D eigenvalue weighted by Crippen LogP contribution is 2.15. The molecular weight excluding hydrogens is 274 g/mol. The first-order valence-corrected chi connectivity index (χ1v) is 7.06. The van der Waals surface area contributed by atoms with Crippen LogP contribution in [0.2, 0.25) is 0 Å². The van der Waals surface area contributed by atoms with Gasteiger partial charge >= 0.3 is 6.03 Å². The minimum atomic E-state index is -0.206. The Bertz CT molecular complexity index is 566. The molecule has 6 heteroatoms. The van der Waals surface area contributed by atoms with Crippen molar-refractivity contribution < 1.29 is 9.53 Å². The Balaban J connectivity index is 1.73. The number of nitrogens with one attached hydrogen (secondary N) is 2. The maximum atomic E-state index is 11.6. The van der Waals surface area contributed by atoms with Crippen LogP contribution in [0.25, 0.3) is 0 Å². The molecule has 1 aromatic heterocycles. The molecular formula is C14H17N3O2S. The normalized spacial score (nSPS) is 10.1. The minimum Gasteiger partial charge on any atom is -0.497 e. The Morgan fingerprint density at radius 2 is 2.10 bits per heavy atom. The van der Waals surface area contributed by atoms with Gasteiger partial charge in [-0.15, -0.1) is 0 Å². The number of nitrogens with zero attached hydrogens (tertiary/aromatic N) is 1. The summed E-state index contributed by atoms with van der Waals surface area (Å²) in [5.41, 5.74) is 2.06. The summed E-state index contributed by atoms with van der Waals surface area (Å²) in [6, 6.07) is 9.44. The number of benzene rings is 1. The quantitative estimate of drug-likeness (QED) is 0.890. The Hall–Kier alpha value is -2.08. The topological polar surface area (TPSA) is 63.2 Å². The van der Waals surface area contributed by atoms with Crippen molar-refractivity contribution in [2.45, 2.75) is 13.3 Å². The second-order valence-electron chi connectivity index (χ2n) is 4.31. The van der Waals surface area contributed by atoms with Crippen LogP contribution in [0.15, 0.2) is 30.3 Å². The van der Waals surface area contributed by atoms with Gasteiger partial charge in [-0.3, -0.25) is 5.32 Å². The lowest BCUT2D eigenvalue weighted by molar-refractivity contribution is 0.252. The summed E-state index contributed by atoms with van der Waals surface area (Å²) in [4.78, 5) is 11.6. The van der Waals surface area contributed by atoms with Crippen molar-refractivity contribution in [1.82, 2.24) is 9.69 Å². The lowest BCUT2D eigenvalue weighted by Gasteiger charge is -2.06. The Kier molecular flexibility index (Phi) is 4.95.